The van der Waals surface area contributed by atoms with Crippen molar-refractivity contribution in [1.29, 1.82) is 5.26 Å². The van der Waals surface area contributed by atoms with Crippen LogP contribution in [0.2, 0.25) is 0 Å². The van der Waals surface area contributed by atoms with Crippen molar-refractivity contribution in [2.24, 2.45) is 0 Å². The summed E-state index contributed by atoms with van der Waals surface area (Å²) in [5, 5.41) is 21.0. The molecule has 0 aliphatic carbocycles. The Balaban J connectivity index is 1.45. The highest BCUT2D eigenvalue weighted by molar-refractivity contribution is 5.42. The Kier molecular flexibility index (Phi) is 5.81. The number of nitriles is 1. The largest absolute Gasteiger partial charge is 0.491 e. The maximum Gasteiger partial charge on any atom is 0.151 e. The van der Waals surface area contributed by atoms with Gasteiger partial charge in [0.15, 0.2) is 5.82 Å². The highest BCUT2D eigenvalue weighted by atomic mass is 16.5. The van der Waals surface area contributed by atoms with Crippen LogP contribution in [0.25, 0.3) is 0 Å². The molecule has 1 saturated heterocycles. The minimum Gasteiger partial charge on any atom is -0.491 e. The molecule has 1 atom stereocenters. The van der Waals surface area contributed by atoms with E-state index in [1.807, 2.05) is 37.3 Å². The molecular formula is C19H23N5O. The van der Waals surface area contributed by atoms with E-state index in [1.165, 1.54) is 0 Å². The lowest BCUT2D eigenvalue weighted by Gasteiger charge is -2.33. The van der Waals surface area contributed by atoms with Gasteiger partial charge in [-0.2, -0.15) is 10.4 Å². The molecule has 6 heteroatoms. The van der Waals surface area contributed by atoms with Gasteiger partial charge >= 0.3 is 0 Å². The summed E-state index contributed by atoms with van der Waals surface area (Å²) in [7, 11) is 0. The van der Waals surface area contributed by atoms with E-state index in [9.17, 15) is 0 Å². The number of aryl methyl sites for hydroxylation is 1. The monoisotopic (exact) mass is 337 g/mol. The second-order valence-electron chi connectivity index (χ2n) is 6.23. The molecule has 1 aliphatic heterocycles. The SMILES string of the molecule is Cc1ccc(N2CCC[C@@H](NCCOc3ccccc3C#N)C2)nn1. The predicted molar refractivity (Wildman–Crippen MR) is 96.7 cm³/mol. The normalized spacial score (nSPS) is 17.1. The number of nitrogens with one attached hydrogen (secondary N) is 1. The van der Waals surface area contributed by atoms with Crippen LogP contribution in [-0.2, 0) is 0 Å². The van der Waals surface area contributed by atoms with E-state index in [2.05, 4.69) is 26.5 Å². The number of para-hydroxylation sites is 1. The van der Waals surface area contributed by atoms with E-state index in [4.69, 9.17) is 10.00 Å². The van der Waals surface area contributed by atoms with Crippen LogP contribution in [0.3, 0.4) is 0 Å². The van der Waals surface area contributed by atoms with Crippen LogP contribution in [0.4, 0.5) is 5.82 Å². The third-order valence-electron chi connectivity index (χ3n) is 4.33. The molecule has 0 amide bonds. The lowest BCUT2D eigenvalue weighted by Crippen LogP contribution is -2.47. The summed E-state index contributed by atoms with van der Waals surface area (Å²) in [4.78, 5) is 2.28. The third kappa shape index (κ3) is 4.68. The summed E-state index contributed by atoms with van der Waals surface area (Å²) < 4.78 is 5.72. The van der Waals surface area contributed by atoms with Crippen molar-refractivity contribution in [2.45, 2.75) is 25.8 Å². The van der Waals surface area contributed by atoms with Crippen LogP contribution < -0.4 is 15.0 Å². The van der Waals surface area contributed by atoms with Gasteiger partial charge in [0.25, 0.3) is 0 Å². The van der Waals surface area contributed by atoms with Gasteiger partial charge in [-0.15, -0.1) is 5.10 Å². The Morgan fingerprint density at radius 2 is 2.16 bits per heavy atom. The average Bonchev–Trinajstić information content (AvgIpc) is 2.66. The van der Waals surface area contributed by atoms with Crippen molar-refractivity contribution >= 4 is 5.82 Å². The van der Waals surface area contributed by atoms with Gasteiger partial charge in [0.1, 0.15) is 18.4 Å². The van der Waals surface area contributed by atoms with Crippen molar-refractivity contribution in [3.05, 3.63) is 47.7 Å². The summed E-state index contributed by atoms with van der Waals surface area (Å²) in [6, 6.07) is 13.9. The number of rotatable bonds is 6. The zero-order valence-corrected chi connectivity index (χ0v) is 14.5. The molecule has 3 rings (SSSR count). The van der Waals surface area contributed by atoms with Gasteiger partial charge in [0, 0.05) is 25.7 Å². The van der Waals surface area contributed by atoms with E-state index >= 15 is 0 Å². The Hall–Kier alpha value is -2.65. The van der Waals surface area contributed by atoms with Crippen LogP contribution in [0, 0.1) is 18.3 Å². The third-order valence-corrected chi connectivity index (χ3v) is 4.33. The zero-order chi connectivity index (χ0) is 17.5. The molecule has 1 N–H and O–H groups in total. The summed E-state index contributed by atoms with van der Waals surface area (Å²) in [6.07, 6.45) is 2.27. The fourth-order valence-electron chi connectivity index (χ4n) is 3.02. The number of piperidine rings is 1. The Morgan fingerprint density at radius 3 is 2.96 bits per heavy atom. The molecular weight excluding hydrogens is 314 g/mol. The molecule has 0 radical (unpaired) electrons. The van der Waals surface area contributed by atoms with E-state index in [0.29, 0.717) is 24.0 Å². The first-order valence-electron chi connectivity index (χ1n) is 8.67. The molecule has 25 heavy (non-hydrogen) atoms. The topological polar surface area (TPSA) is 74.1 Å². The van der Waals surface area contributed by atoms with Crippen LogP contribution in [0.15, 0.2) is 36.4 Å². The Bertz CT molecular complexity index is 725. The molecule has 1 aromatic heterocycles. The second-order valence-corrected chi connectivity index (χ2v) is 6.23. The molecule has 2 aromatic rings. The van der Waals surface area contributed by atoms with Gasteiger partial charge in [0.2, 0.25) is 0 Å². The van der Waals surface area contributed by atoms with Crippen molar-refractivity contribution in [3.8, 4) is 11.8 Å². The van der Waals surface area contributed by atoms with Gasteiger partial charge in [-0.25, -0.2) is 0 Å². The van der Waals surface area contributed by atoms with E-state index in [0.717, 1.165) is 44.0 Å². The lowest BCUT2D eigenvalue weighted by molar-refractivity contribution is 0.297. The number of hydrogen-bond donors (Lipinski definition) is 1. The first-order chi connectivity index (χ1) is 12.3. The van der Waals surface area contributed by atoms with Gasteiger partial charge < -0.3 is 15.0 Å². The molecule has 6 nitrogen and oxygen atoms in total. The first-order valence-corrected chi connectivity index (χ1v) is 8.67. The Morgan fingerprint density at radius 1 is 1.28 bits per heavy atom. The number of anilines is 1. The highest BCUT2D eigenvalue weighted by Gasteiger charge is 2.20. The van der Waals surface area contributed by atoms with Crippen molar-refractivity contribution in [2.75, 3.05) is 31.1 Å². The molecule has 130 valence electrons. The number of hydrogen-bond acceptors (Lipinski definition) is 6. The standard InChI is InChI=1S/C19H23N5O/c1-15-8-9-19(23-22-15)24-11-4-6-17(14-24)21-10-12-25-18-7-3-2-5-16(18)13-20/h2-3,5,7-9,17,21H,4,6,10-12,14H2,1H3/t17-/m1/s1. The van der Waals surface area contributed by atoms with Gasteiger partial charge in [-0.1, -0.05) is 12.1 Å². The average molecular weight is 337 g/mol. The first kappa shape index (κ1) is 17.2. The molecule has 0 saturated carbocycles. The molecule has 1 aliphatic rings. The summed E-state index contributed by atoms with van der Waals surface area (Å²) >= 11 is 0. The van der Waals surface area contributed by atoms with Crippen molar-refractivity contribution in [1.82, 2.24) is 15.5 Å². The summed E-state index contributed by atoms with van der Waals surface area (Å²) in [5.41, 5.74) is 1.51. The summed E-state index contributed by atoms with van der Waals surface area (Å²) in [5.74, 6) is 1.59. The number of ether oxygens (including phenoxy) is 1. The highest BCUT2D eigenvalue weighted by Crippen LogP contribution is 2.18. The molecule has 0 unspecified atom stereocenters. The second kappa shape index (κ2) is 8.45. The smallest absolute Gasteiger partial charge is 0.151 e. The van der Waals surface area contributed by atoms with Gasteiger partial charge in [-0.3, -0.25) is 0 Å². The van der Waals surface area contributed by atoms with Gasteiger partial charge in [-0.05, 0) is 44.0 Å². The van der Waals surface area contributed by atoms with Crippen LogP contribution in [0.1, 0.15) is 24.1 Å². The minimum atomic E-state index is 0.409. The zero-order valence-electron chi connectivity index (χ0n) is 14.5. The van der Waals surface area contributed by atoms with E-state index < -0.39 is 0 Å². The number of benzene rings is 1. The predicted octanol–water partition coefficient (Wildman–Crippen LogP) is 2.29. The van der Waals surface area contributed by atoms with Crippen LogP contribution in [-0.4, -0.2) is 42.5 Å². The maximum absolute atomic E-state index is 9.07. The van der Waals surface area contributed by atoms with Crippen molar-refractivity contribution < 1.29 is 4.74 Å². The molecule has 1 aromatic carbocycles. The van der Waals surface area contributed by atoms with E-state index in [-0.39, 0.29) is 0 Å². The fraction of sp³-hybridized carbons (Fsp3) is 0.421. The van der Waals surface area contributed by atoms with Gasteiger partial charge in [0.05, 0.1) is 11.3 Å². The minimum absolute atomic E-state index is 0.409. The van der Waals surface area contributed by atoms with Crippen LogP contribution in [0.5, 0.6) is 5.75 Å². The van der Waals surface area contributed by atoms with E-state index in [1.54, 1.807) is 6.07 Å². The quantitative estimate of drug-likeness (QED) is 0.815. The number of nitrogens with zero attached hydrogens (tertiary/aromatic N) is 4. The molecule has 1 fully saturated rings. The van der Waals surface area contributed by atoms with Crippen LogP contribution >= 0.6 is 0 Å². The molecule has 0 spiro atoms. The summed E-state index contributed by atoms with van der Waals surface area (Å²) in [6.45, 7) is 5.17. The Labute approximate surface area is 148 Å². The number of aromatic nitrogens is 2. The fourth-order valence-corrected chi connectivity index (χ4v) is 3.02. The molecule has 0 bridgehead atoms. The maximum atomic E-state index is 9.07. The van der Waals surface area contributed by atoms with Crippen molar-refractivity contribution in [3.63, 3.8) is 0 Å². The lowest BCUT2D eigenvalue weighted by atomic mass is 10.1. The molecule has 2 heterocycles.